The molecule has 0 saturated heterocycles. The molecule has 0 aliphatic heterocycles. The highest BCUT2D eigenvalue weighted by Crippen LogP contribution is 2.15. The van der Waals surface area contributed by atoms with Gasteiger partial charge in [-0.05, 0) is 25.6 Å². The van der Waals surface area contributed by atoms with Crippen molar-refractivity contribution in [2.45, 2.75) is 41.2 Å². The van der Waals surface area contributed by atoms with Crippen LogP contribution in [0, 0.1) is 6.92 Å². The highest BCUT2D eigenvalue weighted by molar-refractivity contribution is 5.51. The third-order valence-electron chi connectivity index (χ3n) is 1.78. The van der Waals surface area contributed by atoms with Crippen LogP contribution in [0.5, 0.6) is 0 Å². The van der Waals surface area contributed by atoms with E-state index in [0.29, 0.717) is 0 Å². The van der Waals surface area contributed by atoms with Crippen LogP contribution in [0.15, 0.2) is 18.2 Å². The quantitative estimate of drug-likeness (QED) is 0.547. The summed E-state index contributed by atoms with van der Waals surface area (Å²) in [6, 6.07) is 6.14. The lowest BCUT2D eigenvalue weighted by atomic mass is 10.1. The summed E-state index contributed by atoms with van der Waals surface area (Å²) in [6.45, 7) is 10.9. The fourth-order valence-electron chi connectivity index (χ4n) is 1.20. The summed E-state index contributed by atoms with van der Waals surface area (Å²) in [5.74, 6) is 5.35. The summed E-state index contributed by atoms with van der Waals surface area (Å²) in [5, 5.41) is 3.09. The molecule has 4 N–H and O–H groups in total. The highest BCUT2D eigenvalue weighted by atomic mass is 15.2. The van der Waals surface area contributed by atoms with Gasteiger partial charge in [-0.1, -0.05) is 45.4 Å². The van der Waals surface area contributed by atoms with Crippen LogP contribution in [-0.2, 0) is 6.54 Å². The summed E-state index contributed by atoms with van der Waals surface area (Å²) in [5.41, 5.74) is 6.09. The zero-order valence-electron chi connectivity index (χ0n) is 11.5. The summed E-state index contributed by atoms with van der Waals surface area (Å²) in [7, 11) is 1.92. The third-order valence-corrected chi connectivity index (χ3v) is 1.78. The van der Waals surface area contributed by atoms with Gasteiger partial charge in [-0.3, -0.25) is 5.84 Å². The minimum Gasteiger partial charge on any atom is -0.324 e. The molecule has 0 heterocycles. The van der Waals surface area contributed by atoms with E-state index in [2.05, 4.69) is 23.7 Å². The Morgan fingerprint density at radius 3 is 2.12 bits per heavy atom. The van der Waals surface area contributed by atoms with Gasteiger partial charge in [0.1, 0.15) is 0 Å². The van der Waals surface area contributed by atoms with Crippen LogP contribution in [0.25, 0.3) is 0 Å². The van der Waals surface area contributed by atoms with Crippen molar-refractivity contribution >= 4 is 5.69 Å². The topological polar surface area (TPSA) is 50.1 Å². The van der Waals surface area contributed by atoms with Gasteiger partial charge < -0.3 is 10.7 Å². The Labute approximate surface area is 100 Å². The summed E-state index contributed by atoms with van der Waals surface area (Å²) >= 11 is 0. The molecule has 0 aliphatic carbocycles. The van der Waals surface area contributed by atoms with Gasteiger partial charge >= 0.3 is 0 Å². The first-order valence-electron chi connectivity index (χ1n) is 5.98. The molecule has 1 aromatic rings. The number of nitrogen functional groups attached to an aromatic ring is 1. The van der Waals surface area contributed by atoms with E-state index in [1.807, 2.05) is 46.9 Å². The van der Waals surface area contributed by atoms with E-state index in [0.717, 1.165) is 12.2 Å². The average molecular weight is 225 g/mol. The molecule has 1 aromatic carbocycles. The zero-order valence-corrected chi connectivity index (χ0v) is 11.5. The SMILES string of the molecule is CC.CC.CNCc1cc(C)ccc1NN. The largest absolute Gasteiger partial charge is 0.324 e. The Hall–Kier alpha value is -1.06. The Kier molecular flexibility index (Phi) is 13.0. The molecular formula is C13H27N3. The van der Waals surface area contributed by atoms with Crippen LogP contribution in [0.2, 0.25) is 0 Å². The van der Waals surface area contributed by atoms with Gasteiger partial charge in [-0.15, -0.1) is 0 Å². The maximum Gasteiger partial charge on any atom is 0.0530 e. The van der Waals surface area contributed by atoms with Crippen LogP contribution in [-0.4, -0.2) is 7.05 Å². The van der Waals surface area contributed by atoms with Crippen LogP contribution >= 0.6 is 0 Å². The van der Waals surface area contributed by atoms with Crippen LogP contribution in [0.1, 0.15) is 38.8 Å². The van der Waals surface area contributed by atoms with Gasteiger partial charge in [0.05, 0.1) is 5.69 Å². The maximum absolute atomic E-state index is 5.35. The van der Waals surface area contributed by atoms with Crippen molar-refractivity contribution in [3.8, 4) is 0 Å². The van der Waals surface area contributed by atoms with Crippen LogP contribution in [0.3, 0.4) is 0 Å². The molecule has 0 atom stereocenters. The Morgan fingerprint density at radius 2 is 1.69 bits per heavy atom. The predicted molar refractivity (Wildman–Crippen MR) is 74.4 cm³/mol. The normalized spacial score (nSPS) is 8.19. The molecule has 0 radical (unpaired) electrons. The van der Waals surface area contributed by atoms with Crippen molar-refractivity contribution in [2.24, 2.45) is 5.84 Å². The second kappa shape index (κ2) is 12.0. The third kappa shape index (κ3) is 6.43. The minimum absolute atomic E-state index is 0.835. The van der Waals surface area contributed by atoms with Crippen molar-refractivity contribution < 1.29 is 0 Å². The number of nitrogens with one attached hydrogen (secondary N) is 2. The Bertz CT molecular complexity index is 259. The number of nitrogens with two attached hydrogens (primary N) is 1. The first-order chi connectivity index (χ1) is 7.77. The number of anilines is 1. The van der Waals surface area contributed by atoms with Gasteiger partial charge in [0.15, 0.2) is 0 Å². The van der Waals surface area contributed by atoms with Crippen molar-refractivity contribution in [1.29, 1.82) is 0 Å². The smallest absolute Gasteiger partial charge is 0.0530 e. The first-order valence-corrected chi connectivity index (χ1v) is 5.98. The molecule has 0 bridgehead atoms. The number of benzene rings is 1. The highest BCUT2D eigenvalue weighted by Gasteiger charge is 1.98. The molecule has 0 aliphatic rings. The second-order valence-corrected chi connectivity index (χ2v) is 2.84. The number of hydrogen-bond acceptors (Lipinski definition) is 3. The number of rotatable bonds is 3. The molecule has 3 heteroatoms. The van der Waals surface area contributed by atoms with Gasteiger partial charge in [0, 0.05) is 6.54 Å². The lowest BCUT2D eigenvalue weighted by molar-refractivity contribution is 0.817. The predicted octanol–water partition coefficient (Wildman–Crippen LogP) is 3.05. The molecule has 0 amide bonds. The van der Waals surface area contributed by atoms with Gasteiger partial charge in [-0.25, -0.2) is 0 Å². The van der Waals surface area contributed by atoms with Gasteiger partial charge in [0.2, 0.25) is 0 Å². The second-order valence-electron chi connectivity index (χ2n) is 2.84. The van der Waals surface area contributed by atoms with E-state index in [-0.39, 0.29) is 0 Å². The molecule has 0 spiro atoms. The van der Waals surface area contributed by atoms with Gasteiger partial charge in [-0.2, -0.15) is 0 Å². The summed E-state index contributed by atoms with van der Waals surface area (Å²) < 4.78 is 0. The number of hydrogen-bond donors (Lipinski definition) is 3. The molecule has 3 nitrogen and oxygen atoms in total. The van der Waals surface area contributed by atoms with E-state index in [4.69, 9.17) is 5.84 Å². The average Bonchev–Trinajstić information content (AvgIpc) is 2.35. The summed E-state index contributed by atoms with van der Waals surface area (Å²) in [6.07, 6.45) is 0. The molecule has 1 rings (SSSR count). The Balaban J connectivity index is 0. The first kappa shape index (κ1) is 17.3. The molecule has 0 saturated carbocycles. The molecular weight excluding hydrogens is 198 g/mol. The standard InChI is InChI=1S/C9H15N3.2C2H6/c1-7-3-4-9(12-10)8(5-7)6-11-2;2*1-2/h3-5,11-12H,6,10H2,1-2H3;2*1-2H3. The molecule has 16 heavy (non-hydrogen) atoms. The van der Waals surface area contributed by atoms with E-state index in [9.17, 15) is 0 Å². The summed E-state index contributed by atoms with van der Waals surface area (Å²) in [4.78, 5) is 0. The fourth-order valence-corrected chi connectivity index (χ4v) is 1.20. The zero-order chi connectivity index (χ0) is 13.0. The monoisotopic (exact) mass is 225 g/mol. The van der Waals surface area contributed by atoms with Crippen molar-refractivity contribution in [3.05, 3.63) is 29.3 Å². The fraction of sp³-hybridized carbons (Fsp3) is 0.538. The number of hydrazine groups is 1. The molecule has 0 unspecified atom stereocenters. The van der Waals surface area contributed by atoms with E-state index >= 15 is 0 Å². The minimum atomic E-state index is 0.835. The lowest BCUT2D eigenvalue weighted by Crippen LogP contribution is -2.13. The lowest BCUT2D eigenvalue weighted by Gasteiger charge is -2.08. The van der Waals surface area contributed by atoms with Crippen molar-refractivity contribution in [1.82, 2.24) is 5.32 Å². The Morgan fingerprint density at radius 1 is 1.12 bits per heavy atom. The molecule has 0 aromatic heterocycles. The van der Waals surface area contributed by atoms with E-state index in [1.165, 1.54) is 11.1 Å². The number of aryl methyl sites for hydroxylation is 1. The van der Waals surface area contributed by atoms with Crippen molar-refractivity contribution in [3.63, 3.8) is 0 Å². The van der Waals surface area contributed by atoms with Crippen LogP contribution < -0.4 is 16.6 Å². The molecule has 0 fully saturated rings. The molecule has 94 valence electrons. The van der Waals surface area contributed by atoms with E-state index < -0.39 is 0 Å². The maximum atomic E-state index is 5.35. The van der Waals surface area contributed by atoms with Crippen molar-refractivity contribution in [2.75, 3.05) is 12.5 Å². The van der Waals surface area contributed by atoms with Gasteiger partial charge in [0.25, 0.3) is 0 Å². The van der Waals surface area contributed by atoms with Crippen LogP contribution in [0.4, 0.5) is 5.69 Å². The van der Waals surface area contributed by atoms with E-state index in [1.54, 1.807) is 0 Å².